The molecule has 4 nitrogen and oxygen atoms in total. The summed E-state index contributed by atoms with van der Waals surface area (Å²) in [5.74, 6) is -0.620. The lowest BCUT2D eigenvalue weighted by molar-refractivity contribution is 0.400. The van der Waals surface area contributed by atoms with Gasteiger partial charge in [0, 0.05) is 12.6 Å². The molecule has 21 heavy (non-hydrogen) atoms. The third-order valence-corrected chi connectivity index (χ3v) is 3.23. The first-order chi connectivity index (χ1) is 10.0. The third-order valence-electron chi connectivity index (χ3n) is 3.23. The monoisotopic (exact) mass is 295 g/mol. The van der Waals surface area contributed by atoms with Crippen molar-refractivity contribution in [3.8, 4) is 5.75 Å². The van der Waals surface area contributed by atoms with Crippen LogP contribution >= 0.6 is 0 Å². The summed E-state index contributed by atoms with van der Waals surface area (Å²) in [7, 11) is 1.55. The van der Waals surface area contributed by atoms with E-state index in [1.165, 1.54) is 12.1 Å². The van der Waals surface area contributed by atoms with E-state index in [0.717, 1.165) is 18.2 Å². The number of hydrogen-bond donors (Lipinski definition) is 1. The van der Waals surface area contributed by atoms with Crippen LogP contribution in [-0.4, -0.2) is 16.9 Å². The number of rotatable bonds is 6. The predicted molar refractivity (Wildman–Crippen MR) is 76.1 cm³/mol. The van der Waals surface area contributed by atoms with Gasteiger partial charge in [-0.25, -0.2) is 8.78 Å². The Morgan fingerprint density at radius 1 is 1.29 bits per heavy atom. The molecule has 0 saturated carbocycles. The van der Waals surface area contributed by atoms with Gasteiger partial charge >= 0.3 is 0 Å². The number of hydrogen-bond acceptors (Lipinski definition) is 3. The summed E-state index contributed by atoms with van der Waals surface area (Å²) in [5.41, 5.74) is 7.44. The maximum absolute atomic E-state index is 13.2. The SMILES string of the molecule is CCCn1ncc(OC)c1C(N)Cc1cc(F)cc(F)c1. The Morgan fingerprint density at radius 3 is 2.52 bits per heavy atom. The summed E-state index contributed by atoms with van der Waals surface area (Å²) in [6.45, 7) is 2.75. The van der Waals surface area contributed by atoms with Gasteiger partial charge in [0.2, 0.25) is 0 Å². The topological polar surface area (TPSA) is 53.1 Å². The second kappa shape index (κ2) is 6.67. The van der Waals surface area contributed by atoms with Crippen LogP contribution in [0.1, 0.15) is 30.6 Å². The van der Waals surface area contributed by atoms with Crippen molar-refractivity contribution in [1.29, 1.82) is 0 Å². The van der Waals surface area contributed by atoms with Crippen LogP contribution in [0.15, 0.2) is 24.4 Å². The lowest BCUT2D eigenvalue weighted by atomic mass is 10.0. The molecule has 0 aliphatic rings. The molecular weight excluding hydrogens is 276 g/mol. The number of halogens is 2. The highest BCUT2D eigenvalue weighted by molar-refractivity contribution is 5.30. The summed E-state index contributed by atoms with van der Waals surface area (Å²) >= 11 is 0. The van der Waals surface area contributed by atoms with E-state index < -0.39 is 17.7 Å². The van der Waals surface area contributed by atoms with Crippen molar-refractivity contribution >= 4 is 0 Å². The number of benzene rings is 1. The Balaban J connectivity index is 2.26. The standard InChI is InChI=1S/C15H19F2N3O/c1-3-4-20-15(14(21-2)9-19-20)13(18)7-10-5-11(16)8-12(17)6-10/h5-6,8-9,13H,3-4,7,18H2,1-2H3. The molecule has 2 N–H and O–H groups in total. The van der Waals surface area contributed by atoms with Crippen LogP contribution in [-0.2, 0) is 13.0 Å². The van der Waals surface area contributed by atoms with Gasteiger partial charge < -0.3 is 10.5 Å². The molecular formula is C15H19F2N3O. The molecule has 1 unspecified atom stereocenters. The van der Waals surface area contributed by atoms with Gasteiger partial charge in [-0.05, 0) is 30.5 Å². The van der Waals surface area contributed by atoms with Crippen molar-refractivity contribution < 1.29 is 13.5 Å². The van der Waals surface area contributed by atoms with Crippen LogP contribution in [0.5, 0.6) is 5.75 Å². The maximum atomic E-state index is 13.2. The highest BCUT2D eigenvalue weighted by atomic mass is 19.1. The minimum Gasteiger partial charge on any atom is -0.493 e. The molecule has 6 heteroatoms. The van der Waals surface area contributed by atoms with Crippen molar-refractivity contribution in [3.05, 3.63) is 47.3 Å². The first kappa shape index (κ1) is 15.4. The fourth-order valence-corrected chi connectivity index (χ4v) is 2.38. The Bertz CT molecular complexity index is 593. The van der Waals surface area contributed by atoms with Gasteiger partial charge in [-0.2, -0.15) is 5.10 Å². The molecule has 1 atom stereocenters. The lowest BCUT2D eigenvalue weighted by Crippen LogP contribution is -2.19. The van der Waals surface area contributed by atoms with Gasteiger partial charge in [-0.15, -0.1) is 0 Å². The van der Waals surface area contributed by atoms with Crippen molar-refractivity contribution in [2.45, 2.75) is 32.4 Å². The quantitative estimate of drug-likeness (QED) is 0.891. The first-order valence-electron chi connectivity index (χ1n) is 6.85. The summed E-state index contributed by atoms with van der Waals surface area (Å²) < 4.78 is 33.5. The number of aromatic nitrogens is 2. The Morgan fingerprint density at radius 2 is 1.95 bits per heavy atom. The summed E-state index contributed by atoms with van der Waals surface area (Å²) in [6, 6.07) is 2.97. The summed E-state index contributed by atoms with van der Waals surface area (Å²) in [6.07, 6.45) is 2.82. The zero-order valence-corrected chi connectivity index (χ0v) is 12.1. The Labute approximate surface area is 122 Å². The molecule has 0 aliphatic carbocycles. The number of aryl methyl sites for hydroxylation is 1. The van der Waals surface area contributed by atoms with Gasteiger partial charge in [-0.1, -0.05) is 6.92 Å². The summed E-state index contributed by atoms with van der Waals surface area (Å²) in [4.78, 5) is 0. The molecule has 2 aromatic rings. The van der Waals surface area contributed by atoms with Crippen molar-refractivity contribution in [1.82, 2.24) is 9.78 Å². The highest BCUT2D eigenvalue weighted by Gasteiger charge is 2.19. The second-order valence-electron chi connectivity index (χ2n) is 4.91. The van der Waals surface area contributed by atoms with Gasteiger partial charge in [-0.3, -0.25) is 4.68 Å². The average molecular weight is 295 g/mol. The fraction of sp³-hybridized carbons (Fsp3) is 0.400. The van der Waals surface area contributed by atoms with Crippen molar-refractivity contribution in [2.24, 2.45) is 5.73 Å². The maximum Gasteiger partial charge on any atom is 0.161 e. The van der Waals surface area contributed by atoms with E-state index in [1.807, 2.05) is 6.92 Å². The molecule has 1 aromatic carbocycles. The average Bonchev–Trinajstić information content (AvgIpc) is 2.80. The van der Waals surface area contributed by atoms with Gasteiger partial charge in [0.05, 0.1) is 25.0 Å². The number of ether oxygens (including phenoxy) is 1. The Hall–Kier alpha value is -1.95. The van der Waals surface area contributed by atoms with E-state index in [-0.39, 0.29) is 0 Å². The van der Waals surface area contributed by atoms with Crippen LogP contribution in [0.3, 0.4) is 0 Å². The van der Waals surface area contributed by atoms with Gasteiger partial charge in [0.15, 0.2) is 5.75 Å². The smallest absolute Gasteiger partial charge is 0.161 e. The lowest BCUT2D eigenvalue weighted by Gasteiger charge is -2.16. The zero-order valence-electron chi connectivity index (χ0n) is 12.1. The van der Waals surface area contributed by atoms with Crippen LogP contribution < -0.4 is 10.5 Å². The van der Waals surface area contributed by atoms with Crippen LogP contribution in [0, 0.1) is 11.6 Å². The minimum absolute atomic E-state index is 0.306. The molecule has 0 spiro atoms. The Kier molecular flexibility index (Phi) is 4.90. The van der Waals surface area contributed by atoms with Crippen molar-refractivity contribution in [2.75, 3.05) is 7.11 Å². The molecule has 0 saturated heterocycles. The number of methoxy groups -OCH3 is 1. The first-order valence-corrected chi connectivity index (χ1v) is 6.85. The van der Waals surface area contributed by atoms with E-state index >= 15 is 0 Å². The van der Waals surface area contributed by atoms with E-state index in [2.05, 4.69) is 5.10 Å². The van der Waals surface area contributed by atoms with Crippen LogP contribution in [0.25, 0.3) is 0 Å². The second-order valence-corrected chi connectivity index (χ2v) is 4.91. The minimum atomic E-state index is -0.605. The van der Waals surface area contributed by atoms with Crippen molar-refractivity contribution in [3.63, 3.8) is 0 Å². The molecule has 1 aromatic heterocycles. The predicted octanol–water partition coefficient (Wildman–Crippen LogP) is 2.82. The molecule has 1 heterocycles. The molecule has 0 radical (unpaired) electrons. The molecule has 0 fully saturated rings. The van der Waals surface area contributed by atoms with Gasteiger partial charge in [0.25, 0.3) is 0 Å². The molecule has 114 valence electrons. The number of nitrogens with zero attached hydrogens (tertiary/aromatic N) is 2. The third kappa shape index (κ3) is 3.58. The van der Waals surface area contributed by atoms with E-state index in [0.29, 0.717) is 24.3 Å². The van der Waals surface area contributed by atoms with E-state index in [1.54, 1.807) is 18.0 Å². The largest absolute Gasteiger partial charge is 0.493 e. The number of nitrogens with two attached hydrogens (primary N) is 1. The van der Waals surface area contributed by atoms with E-state index in [4.69, 9.17) is 10.5 Å². The highest BCUT2D eigenvalue weighted by Crippen LogP contribution is 2.26. The zero-order chi connectivity index (χ0) is 15.4. The normalized spacial score (nSPS) is 12.4. The molecule has 2 rings (SSSR count). The molecule has 0 amide bonds. The summed E-state index contributed by atoms with van der Waals surface area (Å²) in [5, 5.41) is 4.24. The molecule has 0 bridgehead atoms. The van der Waals surface area contributed by atoms with Crippen LogP contribution in [0.4, 0.5) is 8.78 Å². The van der Waals surface area contributed by atoms with Crippen LogP contribution in [0.2, 0.25) is 0 Å². The molecule has 0 aliphatic heterocycles. The fourth-order valence-electron chi connectivity index (χ4n) is 2.38. The van der Waals surface area contributed by atoms with E-state index in [9.17, 15) is 8.78 Å². The van der Waals surface area contributed by atoms with Gasteiger partial charge in [0.1, 0.15) is 11.6 Å².